The summed E-state index contributed by atoms with van der Waals surface area (Å²) < 4.78 is 1.51. The second-order valence-electron chi connectivity index (χ2n) is 3.51. The van der Waals surface area contributed by atoms with Gasteiger partial charge in [0.1, 0.15) is 12.4 Å². The number of nitro groups is 1. The number of nitrogens with one attached hydrogen (secondary N) is 2. The summed E-state index contributed by atoms with van der Waals surface area (Å²) in [5, 5.41) is 20.6. The van der Waals surface area contributed by atoms with Gasteiger partial charge < -0.3 is 10.6 Å². The van der Waals surface area contributed by atoms with E-state index >= 15 is 0 Å². The van der Waals surface area contributed by atoms with Gasteiger partial charge in [0, 0.05) is 13.1 Å². The zero-order chi connectivity index (χ0) is 13.4. The Morgan fingerprint density at radius 3 is 2.58 bits per heavy atom. The van der Waals surface area contributed by atoms with Crippen molar-refractivity contribution >= 4 is 35.6 Å². The average molecular weight is 382 g/mol. The van der Waals surface area contributed by atoms with Crippen LogP contribution < -0.4 is 10.6 Å². The van der Waals surface area contributed by atoms with Gasteiger partial charge >= 0.3 is 5.69 Å². The first-order chi connectivity index (χ1) is 8.67. The van der Waals surface area contributed by atoms with Crippen LogP contribution in [0, 0.1) is 10.1 Å². The van der Waals surface area contributed by atoms with Gasteiger partial charge in [-0.1, -0.05) is 0 Å². The van der Waals surface area contributed by atoms with E-state index in [2.05, 4.69) is 20.7 Å². The van der Waals surface area contributed by atoms with Crippen molar-refractivity contribution in [2.45, 2.75) is 20.4 Å². The smallest absolute Gasteiger partial charge is 0.306 e. The second kappa shape index (κ2) is 9.53. The van der Waals surface area contributed by atoms with E-state index in [-0.39, 0.29) is 29.7 Å². The fraction of sp³-hybridized carbons (Fsp3) is 0.600. The van der Waals surface area contributed by atoms with Gasteiger partial charge in [-0.2, -0.15) is 5.10 Å². The molecule has 2 N–H and O–H groups in total. The Hall–Kier alpha value is -1.39. The summed E-state index contributed by atoms with van der Waals surface area (Å²) in [7, 11) is 0. The molecular weight excluding hydrogens is 363 g/mol. The summed E-state index contributed by atoms with van der Waals surface area (Å²) in [5.74, 6) is 0.738. The maximum Gasteiger partial charge on any atom is 0.306 e. The Bertz CT molecular complexity index is 412. The van der Waals surface area contributed by atoms with Gasteiger partial charge in [-0.3, -0.25) is 19.8 Å². The average Bonchev–Trinajstić information content (AvgIpc) is 2.78. The molecule has 108 valence electrons. The van der Waals surface area contributed by atoms with Crippen LogP contribution >= 0.6 is 24.0 Å². The molecule has 0 aliphatic heterocycles. The first-order valence-corrected chi connectivity index (χ1v) is 5.86. The largest absolute Gasteiger partial charge is 0.357 e. The molecule has 0 spiro atoms. The van der Waals surface area contributed by atoms with Gasteiger partial charge in [-0.05, 0) is 13.8 Å². The molecule has 9 heteroatoms. The number of guanidine groups is 1. The summed E-state index contributed by atoms with van der Waals surface area (Å²) in [6.07, 6.45) is 2.63. The van der Waals surface area contributed by atoms with Crippen molar-refractivity contribution in [2.75, 3.05) is 19.6 Å². The highest BCUT2D eigenvalue weighted by atomic mass is 127. The number of nitrogens with zero attached hydrogens (tertiary/aromatic N) is 4. The minimum Gasteiger partial charge on any atom is -0.357 e. The molecule has 0 bridgehead atoms. The molecule has 0 saturated heterocycles. The van der Waals surface area contributed by atoms with E-state index in [4.69, 9.17) is 0 Å². The van der Waals surface area contributed by atoms with Crippen LogP contribution in [0.5, 0.6) is 0 Å². The molecular formula is C10H19IN6O2. The first kappa shape index (κ1) is 17.6. The van der Waals surface area contributed by atoms with E-state index in [1.165, 1.54) is 17.1 Å². The Labute approximate surface area is 128 Å². The number of rotatable bonds is 6. The van der Waals surface area contributed by atoms with Crippen LogP contribution in [0.4, 0.5) is 5.69 Å². The molecule has 19 heavy (non-hydrogen) atoms. The van der Waals surface area contributed by atoms with E-state index < -0.39 is 4.92 Å². The van der Waals surface area contributed by atoms with Gasteiger partial charge in [0.15, 0.2) is 5.96 Å². The lowest BCUT2D eigenvalue weighted by Crippen LogP contribution is -2.37. The number of aromatic nitrogens is 2. The third kappa shape index (κ3) is 6.36. The van der Waals surface area contributed by atoms with Crippen LogP contribution in [0.1, 0.15) is 13.8 Å². The molecule has 0 aromatic carbocycles. The zero-order valence-electron chi connectivity index (χ0n) is 11.0. The second-order valence-corrected chi connectivity index (χ2v) is 3.51. The minimum absolute atomic E-state index is 0. The van der Waals surface area contributed by atoms with Crippen LogP contribution in [0.15, 0.2) is 17.4 Å². The highest BCUT2D eigenvalue weighted by Crippen LogP contribution is 2.07. The Morgan fingerprint density at radius 1 is 1.47 bits per heavy atom. The highest BCUT2D eigenvalue weighted by molar-refractivity contribution is 14.0. The molecule has 0 unspecified atom stereocenters. The molecule has 0 amide bonds. The van der Waals surface area contributed by atoms with Gasteiger partial charge in [0.05, 0.1) is 18.0 Å². The molecule has 0 aliphatic rings. The standard InChI is InChI=1S/C10H18N6O2.HI/c1-3-11-10(12-4-2)13-5-6-15-8-9(7-14-15)16(17)18;/h7-8H,3-6H2,1-2H3,(H2,11,12,13);1H. The van der Waals surface area contributed by atoms with Gasteiger partial charge in [-0.15, -0.1) is 24.0 Å². The molecule has 0 aliphatic carbocycles. The Balaban J connectivity index is 0.00000324. The van der Waals surface area contributed by atoms with Crippen molar-refractivity contribution < 1.29 is 4.92 Å². The van der Waals surface area contributed by atoms with Gasteiger partial charge in [-0.25, -0.2) is 0 Å². The lowest BCUT2D eigenvalue weighted by Gasteiger charge is -2.08. The van der Waals surface area contributed by atoms with Crippen molar-refractivity contribution in [1.29, 1.82) is 0 Å². The van der Waals surface area contributed by atoms with Crippen molar-refractivity contribution in [3.63, 3.8) is 0 Å². The quantitative estimate of drug-likeness (QED) is 0.251. The summed E-state index contributed by atoms with van der Waals surface area (Å²) in [4.78, 5) is 14.3. The first-order valence-electron chi connectivity index (χ1n) is 5.86. The molecule has 0 radical (unpaired) electrons. The van der Waals surface area contributed by atoms with Crippen LogP contribution in [0.3, 0.4) is 0 Å². The molecule has 1 aromatic heterocycles. The Kier molecular flexibility index (Phi) is 8.83. The summed E-state index contributed by atoms with van der Waals surface area (Å²) in [6.45, 7) is 6.58. The number of hydrogen-bond donors (Lipinski definition) is 2. The van der Waals surface area contributed by atoms with Crippen molar-refractivity contribution in [2.24, 2.45) is 4.99 Å². The SMILES string of the molecule is CCNC(=NCCn1cc([N+](=O)[O-])cn1)NCC.I. The maximum atomic E-state index is 10.5. The van der Waals surface area contributed by atoms with Crippen molar-refractivity contribution in [3.8, 4) is 0 Å². The third-order valence-electron chi connectivity index (χ3n) is 2.12. The molecule has 0 atom stereocenters. The van der Waals surface area contributed by atoms with Crippen LogP contribution in [0.25, 0.3) is 0 Å². The van der Waals surface area contributed by atoms with Gasteiger partial charge in [0.25, 0.3) is 0 Å². The fourth-order valence-electron chi connectivity index (χ4n) is 1.34. The van der Waals surface area contributed by atoms with E-state index in [0.29, 0.717) is 13.1 Å². The predicted molar refractivity (Wildman–Crippen MR) is 84.0 cm³/mol. The van der Waals surface area contributed by atoms with Crippen molar-refractivity contribution in [1.82, 2.24) is 20.4 Å². The van der Waals surface area contributed by atoms with Crippen LogP contribution in [0.2, 0.25) is 0 Å². The van der Waals surface area contributed by atoms with E-state index in [9.17, 15) is 10.1 Å². The number of aliphatic imine (C=N–C) groups is 1. The molecule has 1 aromatic rings. The maximum absolute atomic E-state index is 10.5. The van der Waals surface area contributed by atoms with Crippen LogP contribution in [-0.4, -0.2) is 40.3 Å². The topological polar surface area (TPSA) is 97.4 Å². The summed E-state index contributed by atoms with van der Waals surface area (Å²) >= 11 is 0. The van der Waals surface area contributed by atoms with Gasteiger partial charge in [0.2, 0.25) is 0 Å². The predicted octanol–water partition coefficient (Wildman–Crippen LogP) is 0.984. The Morgan fingerprint density at radius 2 is 2.11 bits per heavy atom. The van der Waals surface area contributed by atoms with Crippen LogP contribution in [-0.2, 0) is 6.54 Å². The summed E-state index contributed by atoms with van der Waals surface area (Å²) in [6, 6.07) is 0. The highest BCUT2D eigenvalue weighted by Gasteiger charge is 2.07. The fourth-order valence-corrected chi connectivity index (χ4v) is 1.34. The summed E-state index contributed by atoms with van der Waals surface area (Å²) in [5.41, 5.74) is -0.00225. The van der Waals surface area contributed by atoms with Crippen molar-refractivity contribution in [3.05, 3.63) is 22.5 Å². The monoisotopic (exact) mass is 382 g/mol. The molecule has 8 nitrogen and oxygen atoms in total. The molecule has 1 heterocycles. The van der Waals surface area contributed by atoms with E-state index in [0.717, 1.165) is 19.0 Å². The third-order valence-corrected chi connectivity index (χ3v) is 2.12. The minimum atomic E-state index is -0.463. The molecule has 0 saturated carbocycles. The lowest BCUT2D eigenvalue weighted by atomic mass is 10.6. The lowest BCUT2D eigenvalue weighted by molar-refractivity contribution is -0.385. The van der Waals surface area contributed by atoms with E-state index in [1.807, 2.05) is 13.8 Å². The molecule has 0 fully saturated rings. The van der Waals surface area contributed by atoms with E-state index in [1.54, 1.807) is 0 Å². The number of halogens is 1. The normalized spacial score (nSPS) is 9.37. The molecule has 1 rings (SSSR count). The number of hydrogen-bond acceptors (Lipinski definition) is 4. The zero-order valence-corrected chi connectivity index (χ0v) is 13.3.